The second kappa shape index (κ2) is 10.7. The molecule has 10 nitrogen and oxygen atoms in total. The van der Waals surface area contributed by atoms with E-state index in [0.717, 1.165) is 18.8 Å². The van der Waals surface area contributed by atoms with E-state index in [0.29, 0.717) is 51.0 Å². The van der Waals surface area contributed by atoms with Crippen molar-refractivity contribution < 1.29 is 14.4 Å². The van der Waals surface area contributed by atoms with Gasteiger partial charge in [0.15, 0.2) is 0 Å². The summed E-state index contributed by atoms with van der Waals surface area (Å²) in [6.45, 7) is 4.60. The van der Waals surface area contributed by atoms with Gasteiger partial charge in [-0.25, -0.2) is 9.97 Å². The minimum Gasteiger partial charge on any atom is -0.383 e. The molecule has 2 aromatic rings. The molecule has 1 aliphatic heterocycles. The van der Waals surface area contributed by atoms with Crippen molar-refractivity contribution in [2.24, 2.45) is 0 Å². The maximum atomic E-state index is 12.0. The number of aromatic nitrogens is 2. The van der Waals surface area contributed by atoms with Crippen molar-refractivity contribution in [2.75, 3.05) is 81.4 Å². The van der Waals surface area contributed by atoms with Gasteiger partial charge in [0, 0.05) is 59.2 Å². The fraction of sp³-hybridized carbons (Fsp3) is 0.500. The van der Waals surface area contributed by atoms with Gasteiger partial charge < -0.3 is 24.2 Å². The second-order valence-electron chi connectivity index (χ2n) is 6.91. The maximum absolute atomic E-state index is 12.0. The van der Waals surface area contributed by atoms with Gasteiger partial charge in [0.1, 0.15) is 6.33 Å². The number of rotatable bonds is 10. The molecule has 1 aromatic heterocycles. The fourth-order valence-electron chi connectivity index (χ4n) is 3.53. The average Bonchev–Trinajstić information content (AvgIpc) is 2.79. The molecule has 3 rings (SSSR count). The number of methoxy groups -OCH3 is 2. The number of anilines is 3. The summed E-state index contributed by atoms with van der Waals surface area (Å²) in [4.78, 5) is 26.2. The summed E-state index contributed by atoms with van der Waals surface area (Å²) < 4.78 is 10.3. The Morgan fingerprint density at radius 2 is 1.60 bits per heavy atom. The van der Waals surface area contributed by atoms with Crippen molar-refractivity contribution in [3.05, 3.63) is 46.8 Å². The number of hydrogen-bond acceptors (Lipinski definition) is 9. The number of piperazine rings is 1. The van der Waals surface area contributed by atoms with Gasteiger partial charge in [-0.15, -0.1) is 0 Å². The van der Waals surface area contributed by atoms with Crippen molar-refractivity contribution in [3.8, 4) is 0 Å². The van der Waals surface area contributed by atoms with Gasteiger partial charge in [-0.3, -0.25) is 10.1 Å². The molecule has 0 atom stereocenters. The lowest BCUT2D eigenvalue weighted by Crippen LogP contribution is -2.47. The van der Waals surface area contributed by atoms with Crippen LogP contribution >= 0.6 is 0 Å². The standard InChI is InChI=1S/C20H28N6O4/c1-29-14-12-25(13-15-30-2)20-18(26(27)28)19(21-16-22-20)24-10-8-23(9-11-24)17-6-4-3-5-7-17/h3-7,16H,8-15H2,1-2H3. The van der Waals surface area contributed by atoms with Gasteiger partial charge in [-0.1, -0.05) is 18.2 Å². The third-order valence-corrected chi connectivity index (χ3v) is 5.10. The van der Waals surface area contributed by atoms with Gasteiger partial charge >= 0.3 is 5.69 Å². The highest BCUT2D eigenvalue weighted by atomic mass is 16.6. The fourth-order valence-corrected chi connectivity index (χ4v) is 3.53. The smallest absolute Gasteiger partial charge is 0.353 e. The van der Waals surface area contributed by atoms with Gasteiger partial charge in [0.05, 0.1) is 18.1 Å². The highest BCUT2D eigenvalue weighted by molar-refractivity contribution is 5.71. The lowest BCUT2D eigenvalue weighted by Gasteiger charge is -2.36. The van der Waals surface area contributed by atoms with Crippen LogP contribution < -0.4 is 14.7 Å². The average molecular weight is 416 g/mol. The van der Waals surface area contributed by atoms with E-state index in [1.54, 1.807) is 14.2 Å². The molecular formula is C20H28N6O4. The molecule has 0 aliphatic carbocycles. The number of para-hydroxylation sites is 1. The van der Waals surface area contributed by atoms with E-state index in [9.17, 15) is 10.1 Å². The van der Waals surface area contributed by atoms with E-state index in [2.05, 4.69) is 27.0 Å². The van der Waals surface area contributed by atoms with Crippen molar-refractivity contribution in [2.45, 2.75) is 0 Å². The summed E-state index contributed by atoms with van der Waals surface area (Å²) in [5.41, 5.74) is 1.08. The summed E-state index contributed by atoms with van der Waals surface area (Å²) in [7, 11) is 3.20. The predicted octanol–water partition coefficient (Wildman–Crippen LogP) is 1.81. The lowest BCUT2D eigenvalue weighted by molar-refractivity contribution is -0.383. The third-order valence-electron chi connectivity index (χ3n) is 5.10. The zero-order valence-corrected chi connectivity index (χ0v) is 17.4. The van der Waals surface area contributed by atoms with Gasteiger partial charge in [-0.2, -0.15) is 0 Å². The third kappa shape index (κ3) is 5.14. The summed E-state index contributed by atoms with van der Waals surface area (Å²) in [6.07, 6.45) is 1.40. The Morgan fingerprint density at radius 1 is 1.00 bits per heavy atom. The van der Waals surface area contributed by atoms with Gasteiger partial charge in [0.25, 0.3) is 0 Å². The molecule has 1 aromatic carbocycles. The summed E-state index contributed by atoms with van der Waals surface area (Å²) in [5.74, 6) is 0.655. The van der Waals surface area contributed by atoms with Crippen LogP contribution in [0.2, 0.25) is 0 Å². The number of benzene rings is 1. The molecule has 1 fully saturated rings. The molecule has 0 spiro atoms. The molecule has 2 heterocycles. The Hall–Kier alpha value is -2.98. The molecule has 10 heteroatoms. The first-order valence-corrected chi connectivity index (χ1v) is 9.93. The van der Waals surface area contributed by atoms with Crippen LogP contribution in [0.3, 0.4) is 0 Å². The molecule has 0 N–H and O–H groups in total. The first kappa shape index (κ1) is 21.7. The van der Waals surface area contributed by atoms with Crippen molar-refractivity contribution >= 4 is 23.0 Å². The second-order valence-corrected chi connectivity index (χ2v) is 6.91. The molecular weight excluding hydrogens is 388 g/mol. The lowest BCUT2D eigenvalue weighted by atomic mass is 10.2. The van der Waals surface area contributed by atoms with E-state index in [-0.39, 0.29) is 10.6 Å². The minimum absolute atomic E-state index is 0.0714. The number of ether oxygens (including phenoxy) is 2. The molecule has 0 radical (unpaired) electrons. The van der Waals surface area contributed by atoms with E-state index in [1.165, 1.54) is 6.33 Å². The van der Waals surface area contributed by atoms with Crippen molar-refractivity contribution in [1.82, 2.24) is 9.97 Å². The van der Waals surface area contributed by atoms with Crippen LogP contribution in [0, 0.1) is 10.1 Å². The number of hydrogen-bond donors (Lipinski definition) is 0. The van der Waals surface area contributed by atoms with Crippen LogP contribution in [0.4, 0.5) is 23.0 Å². The molecule has 1 saturated heterocycles. The maximum Gasteiger partial charge on any atom is 0.353 e. The Balaban J connectivity index is 1.83. The van der Waals surface area contributed by atoms with Crippen LogP contribution in [0.15, 0.2) is 36.7 Å². The molecule has 0 amide bonds. The zero-order valence-electron chi connectivity index (χ0n) is 17.4. The van der Waals surface area contributed by atoms with Gasteiger partial charge in [0.2, 0.25) is 11.6 Å². The number of nitro groups is 1. The Bertz CT molecular complexity index is 806. The molecule has 0 bridgehead atoms. The molecule has 1 aliphatic rings. The zero-order chi connectivity index (χ0) is 21.3. The van der Waals surface area contributed by atoms with E-state index in [4.69, 9.17) is 9.47 Å². The Morgan fingerprint density at radius 3 is 2.17 bits per heavy atom. The monoisotopic (exact) mass is 416 g/mol. The Kier molecular flexibility index (Phi) is 7.75. The molecule has 162 valence electrons. The van der Waals surface area contributed by atoms with E-state index >= 15 is 0 Å². The highest BCUT2D eigenvalue weighted by Crippen LogP contribution is 2.34. The topological polar surface area (TPSA) is 97.1 Å². The Labute approximate surface area is 176 Å². The molecule has 0 saturated carbocycles. The first-order valence-electron chi connectivity index (χ1n) is 9.93. The van der Waals surface area contributed by atoms with E-state index < -0.39 is 0 Å². The van der Waals surface area contributed by atoms with Crippen LogP contribution in [-0.2, 0) is 9.47 Å². The predicted molar refractivity (Wildman–Crippen MR) is 116 cm³/mol. The highest BCUT2D eigenvalue weighted by Gasteiger charge is 2.31. The van der Waals surface area contributed by atoms with Crippen LogP contribution in [0.1, 0.15) is 0 Å². The van der Waals surface area contributed by atoms with Crippen LogP contribution in [0.5, 0.6) is 0 Å². The minimum atomic E-state index is -0.388. The summed E-state index contributed by atoms with van der Waals surface area (Å²) in [5, 5.41) is 12.0. The normalized spacial score (nSPS) is 14.1. The molecule has 30 heavy (non-hydrogen) atoms. The number of nitrogens with zero attached hydrogens (tertiary/aromatic N) is 6. The van der Waals surface area contributed by atoms with E-state index in [1.807, 2.05) is 28.0 Å². The SMILES string of the molecule is COCCN(CCOC)c1ncnc(N2CCN(c3ccccc3)CC2)c1[N+](=O)[O-]. The summed E-state index contributed by atoms with van der Waals surface area (Å²) in [6, 6.07) is 10.2. The first-order chi connectivity index (χ1) is 14.7. The molecule has 0 unspecified atom stereocenters. The largest absolute Gasteiger partial charge is 0.383 e. The quantitative estimate of drug-likeness (QED) is 0.424. The van der Waals surface area contributed by atoms with Crippen molar-refractivity contribution in [1.29, 1.82) is 0 Å². The van der Waals surface area contributed by atoms with Crippen molar-refractivity contribution in [3.63, 3.8) is 0 Å². The van der Waals surface area contributed by atoms with Crippen LogP contribution in [-0.4, -0.2) is 81.6 Å². The van der Waals surface area contributed by atoms with Gasteiger partial charge in [-0.05, 0) is 12.1 Å². The van der Waals surface area contributed by atoms with Crippen LogP contribution in [0.25, 0.3) is 0 Å². The summed E-state index contributed by atoms with van der Waals surface area (Å²) >= 11 is 0.